The van der Waals surface area contributed by atoms with Crippen molar-refractivity contribution in [3.63, 3.8) is 0 Å². The number of rotatable bonds is 5. The Kier molecular flexibility index (Phi) is 3.93. The highest BCUT2D eigenvalue weighted by molar-refractivity contribution is 4.85. The van der Waals surface area contributed by atoms with Gasteiger partial charge >= 0.3 is 0 Å². The van der Waals surface area contributed by atoms with Crippen molar-refractivity contribution in [1.29, 1.82) is 0 Å². The minimum atomic E-state index is 0.730. The Morgan fingerprint density at radius 2 is 2.38 bits per heavy atom. The maximum absolute atomic E-state index is 4.27. The van der Waals surface area contributed by atoms with Crippen LogP contribution in [0.3, 0.4) is 0 Å². The molecule has 2 atom stereocenters. The molecule has 2 rings (SSSR count). The minimum absolute atomic E-state index is 0.730. The van der Waals surface area contributed by atoms with Crippen molar-refractivity contribution >= 4 is 0 Å². The zero-order valence-corrected chi connectivity index (χ0v) is 10.3. The second kappa shape index (κ2) is 5.43. The maximum Gasteiger partial charge on any atom is 0.151 e. The lowest BCUT2D eigenvalue weighted by atomic mass is 10.1. The summed E-state index contributed by atoms with van der Waals surface area (Å²) < 4.78 is 1.76. The van der Waals surface area contributed by atoms with Crippen LogP contribution >= 0.6 is 0 Å². The van der Waals surface area contributed by atoms with Gasteiger partial charge in [-0.2, -0.15) is 5.10 Å². The first-order valence-corrected chi connectivity index (χ1v) is 6.35. The quantitative estimate of drug-likeness (QED) is 0.821. The third-order valence-corrected chi connectivity index (χ3v) is 3.55. The van der Waals surface area contributed by atoms with E-state index in [9.17, 15) is 0 Å². The molecule has 1 heterocycles. The normalized spacial score (nSPS) is 25.1. The first kappa shape index (κ1) is 11.6. The molecule has 0 saturated heterocycles. The molecule has 4 heteroatoms. The highest BCUT2D eigenvalue weighted by Gasteiger charge is 2.22. The summed E-state index contributed by atoms with van der Waals surface area (Å²) in [5.41, 5.74) is 0. The Morgan fingerprint density at radius 1 is 1.50 bits per heavy atom. The van der Waals surface area contributed by atoms with Crippen molar-refractivity contribution in [3.8, 4) is 0 Å². The fraction of sp³-hybridized carbons (Fsp3) is 0.833. The van der Waals surface area contributed by atoms with Crippen LogP contribution < -0.4 is 5.32 Å². The van der Waals surface area contributed by atoms with Gasteiger partial charge in [-0.25, -0.2) is 4.98 Å². The molecule has 0 spiro atoms. The number of nitrogens with one attached hydrogen (secondary N) is 1. The van der Waals surface area contributed by atoms with E-state index in [1.807, 2.05) is 7.05 Å². The number of aryl methyl sites for hydroxylation is 1. The van der Waals surface area contributed by atoms with Crippen LogP contribution in [0.1, 0.15) is 38.4 Å². The fourth-order valence-electron chi connectivity index (χ4n) is 2.52. The lowest BCUT2D eigenvalue weighted by molar-refractivity contribution is 0.477. The molecule has 1 N–H and O–H groups in total. The van der Waals surface area contributed by atoms with Gasteiger partial charge in [0.1, 0.15) is 6.33 Å². The number of hydrogen-bond donors (Lipinski definition) is 1. The molecular formula is C12H22N4. The molecule has 1 aromatic heterocycles. The first-order valence-electron chi connectivity index (χ1n) is 6.35. The molecule has 16 heavy (non-hydrogen) atoms. The van der Waals surface area contributed by atoms with Crippen molar-refractivity contribution < 1.29 is 0 Å². The molecule has 2 unspecified atom stereocenters. The van der Waals surface area contributed by atoms with E-state index in [2.05, 4.69) is 22.3 Å². The molecule has 0 aliphatic heterocycles. The van der Waals surface area contributed by atoms with Gasteiger partial charge in [-0.15, -0.1) is 0 Å². The van der Waals surface area contributed by atoms with Gasteiger partial charge in [0.15, 0.2) is 5.82 Å². The molecule has 0 aromatic carbocycles. The Morgan fingerprint density at radius 3 is 3.00 bits per heavy atom. The summed E-state index contributed by atoms with van der Waals surface area (Å²) in [7, 11) is 1.91. The monoisotopic (exact) mass is 222 g/mol. The predicted octanol–water partition coefficient (Wildman–Crippen LogP) is 1.53. The maximum atomic E-state index is 4.27. The molecular weight excluding hydrogens is 200 g/mol. The average Bonchev–Trinajstić information content (AvgIpc) is 2.88. The standard InChI is InChI=1S/C12H22N4/c1-3-10-4-5-11(8-10)13-7-6-12-14-9-16(2)15-12/h9-11,13H,3-8H2,1-2H3. The van der Waals surface area contributed by atoms with Crippen molar-refractivity contribution in [3.05, 3.63) is 12.2 Å². The molecule has 1 aromatic rings. The van der Waals surface area contributed by atoms with Crippen LogP contribution in [0.5, 0.6) is 0 Å². The van der Waals surface area contributed by atoms with Gasteiger partial charge in [0.2, 0.25) is 0 Å². The molecule has 0 amide bonds. The average molecular weight is 222 g/mol. The molecule has 1 fully saturated rings. The Hall–Kier alpha value is -0.900. The lowest BCUT2D eigenvalue weighted by Crippen LogP contribution is -2.28. The van der Waals surface area contributed by atoms with E-state index in [1.54, 1.807) is 11.0 Å². The zero-order chi connectivity index (χ0) is 11.4. The van der Waals surface area contributed by atoms with Crippen molar-refractivity contribution in [2.45, 2.75) is 45.1 Å². The van der Waals surface area contributed by atoms with Crippen LogP contribution in [0.25, 0.3) is 0 Å². The Bertz CT molecular complexity index is 321. The van der Waals surface area contributed by atoms with Gasteiger partial charge in [0.25, 0.3) is 0 Å². The van der Waals surface area contributed by atoms with Gasteiger partial charge in [-0.3, -0.25) is 4.68 Å². The smallest absolute Gasteiger partial charge is 0.151 e. The molecule has 1 saturated carbocycles. The Labute approximate surface area is 97.5 Å². The summed E-state index contributed by atoms with van der Waals surface area (Å²) in [5, 5.41) is 7.89. The fourth-order valence-corrected chi connectivity index (χ4v) is 2.52. The highest BCUT2D eigenvalue weighted by atomic mass is 15.3. The van der Waals surface area contributed by atoms with E-state index in [0.717, 1.165) is 30.7 Å². The van der Waals surface area contributed by atoms with Crippen LogP contribution in [0.15, 0.2) is 6.33 Å². The number of aromatic nitrogens is 3. The van der Waals surface area contributed by atoms with Gasteiger partial charge in [0, 0.05) is 26.1 Å². The second-order valence-electron chi connectivity index (χ2n) is 4.82. The number of nitrogens with zero attached hydrogens (tertiary/aromatic N) is 3. The van der Waals surface area contributed by atoms with E-state index in [1.165, 1.54) is 25.7 Å². The van der Waals surface area contributed by atoms with Crippen LogP contribution in [0.2, 0.25) is 0 Å². The first-order chi connectivity index (χ1) is 7.78. The summed E-state index contributed by atoms with van der Waals surface area (Å²) in [6, 6.07) is 0.730. The van der Waals surface area contributed by atoms with Crippen LogP contribution in [-0.2, 0) is 13.5 Å². The van der Waals surface area contributed by atoms with Gasteiger partial charge in [0.05, 0.1) is 0 Å². The molecule has 4 nitrogen and oxygen atoms in total. The van der Waals surface area contributed by atoms with Crippen LogP contribution in [0.4, 0.5) is 0 Å². The zero-order valence-electron chi connectivity index (χ0n) is 10.3. The highest BCUT2D eigenvalue weighted by Crippen LogP contribution is 2.27. The van der Waals surface area contributed by atoms with Crippen LogP contribution in [-0.4, -0.2) is 27.4 Å². The second-order valence-corrected chi connectivity index (χ2v) is 4.82. The minimum Gasteiger partial charge on any atom is -0.314 e. The van der Waals surface area contributed by atoms with Crippen molar-refractivity contribution in [2.24, 2.45) is 13.0 Å². The van der Waals surface area contributed by atoms with E-state index < -0.39 is 0 Å². The van der Waals surface area contributed by atoms with Gasteiger partial charge in [-0.1, -0.05) is 13.3 Å². The third-order valence-electron chi connectivity index (χ3n) is 3.55. The molecule has 1 aliphatic rings. The third kappa shape index (κ3) is 3.04. The van der Waals surface area contributed by atoms with E-state index >= 15 is 0 Å². The molecule has 0 bridgehead atoms. The summed E-state index contributed by atoms with van der Waals surface area (Å²) >= 11 is 0. The van der Waals surface area contributed by atoms with E-state index in [4.69, 9.17) is 0 Å². The summed E-state index contributed by atoms with van der Waals surface area (Å²) in [5.74, 6) is 1.89. The predicted molar refractivity (Wildman–Crippen MR) is 64.1 cm³/mol. The summed E-state index contributed by atoms with van der Waals surface area (Å²) in [6.45, 7) is 3.30. The largest absolute Gasteiger partial charge is 0.314 e. The molecule has 0 radical (unpaired) electrons. The van der Waals surface area contributed by atoms with Crippen molar-refractivity contribution in [2.75, 3.05) is 6.54 Å². The lowest BCUT2D eigenvalue weighted by Gasteiger charge is -2.11. The van der Waals surface area contributed by atoms with E-state index in [0.29, 0.717) is 0 Å². The van der Waals surface area contributed by atoms with E-state index in [-0.39, 0.29) is 0 Å². The SMILES string of the molecule is CCC1CCC(NCCc2ncn(C)n2)C1. The van der Waals surface area contributed by atoms with Crippen LogP contribution in [0, 0.1) is 5.92 Å². The molecule has 1 aliphatic carbocycles. The summed E-state index contributed by atoms with van der Waals surface area (Å²) in [4.78, 5) is 4.22. The summed E-state index contributed by atoms with van der Waals surface area (Å²) in [6.07, 6.45) is 8.13. The van der Waals surface area contributed by atoms with Gasteiger partial charge < -0.3 is 5.32 Å². The van der Waals surface area contributed by atoms with Gasteiger partial charge in [-0.05, 0) is 25.2 Å². The Balaban J connectivity index is 1.65. The topological polar surface area (TPSA) is 42.7 Å². The molecule has 90 valence electrons. The number of hydrogen-bond acceptors (Lipinski definition) is 3. The van der Waals surface area contributed by atoms with Crippen molar-refractivity contribution in [1.82, 2.24) is 20.1 Å².